The van der Waals surface area contributed by atoms with Crippen molar-refractivity contribution in [1.29, 1.82) is 0 Å². The Bertz CT molecular complexity index is 1530. The van der Waals surface area contributed by atoms with Gasteiger partial charge >= 0.3 is 0 Å². The van der Waals surface area contributed by atoms with Crippen LogP contribution in [0.4, 0.5) is 4.48 Å². The average molecular weight is 1330 g/mol. The van der Waals surface area contributed by atoms with Crippen molar-refractivity contribution in [3.63, 3.8) is 0 Å². The zero-order valence-electron chi connectivity index (χ0n) is 46.5. The van der Waals surface area contributed by atoms with Gasteiger partial charge in [-0.3, -0.25) is 22.8 Å². The average Bonchev–Trinajstić information content (AvgIpc) is 3.50. The third kappa shape index (κ3) is 128. The quantitative estimate of drug-likeness (QED) is 0.0349. The molecule has 0 radical (unpaired) electrons. The zero-order valence-corrected chi connectivity index (χ0v) is 51.0. The molecule has 2 N–H and O–H groups in total. The monoisotopic (exact) mass is 1330 g/mol. The van der Waals surface area contributed by atoms with Crippen LogP contribution < -0.4 is 30.0 Å². The summed E-state index contributed by atoms with van der Waals surface area (Å²) in [5.74, 6) is -1.22. The second-order valence-corrected chi connectivity index (χ2v) is 19.2. The van der Waals surface area contributed by atoms with Gasteiger partial charge < -0.3 is 142 Å². The standard InChI is InChI=1S/C12H31FNO20P5.3C7H12O2.9CH2O/c1-2-26-36(18,19)27-3-4-28-37(20,21)29-5-6-30-38(22,23)31-7-8-32-39(24,25)34-11-12(9-14-13)10-33-35(15,16)17;3*8-6-4-2-1-3-5-7-9;9*1-2/h12,14H,2-11H2,1H3,(H,18,19)(H,20,21)(H,22,23)(H,24,25)(H2,15,16,17);3*6-7H,1-5H2;9*1H2/p-5. The van der Waals surface area contributed by atoms with Crippen LogP contribution in [0.1, 0.15) is 103 Å². The van der Waals surface area contributed by atoms with Crippen molar-refractivity contribution >= 4 is 138 Å². The van der Waals surface area contributed by atoms with Crippen molar-refractivity contribution in [1.82, 2.24) is 5.54 Å². The minimum atomic E-state index is -5.17. The number of phosphoric acid groups is 5. The third-order valence-electron chi connectivity index (χ3n) is 6.77. The molecule has 0 aromatic rings. The SMILES string of the molecule is C=O.C=O.C=O.C=O.C=O.C=O.C=O.C=O.C=O.CCOP(=O)([O-])OCCOP(=O)([O-])OCCOP(=O)([O-])OCCOP(=O)([O-])OCC(CNF)COP(=O)([O-])O.O=CCCCCCC=O.O=CCCCCCC=O.O=CCCCCCC=O. The molecular formula is C42H80FNO35P5-5. The Morgan fingerprint density at radius 3 is 0.738 bits per heavy atom. The van der Waals surface area contributed by atoms with Crippen molar-refractivity contribution in [3.05, 3.63) is 0 Å². The lowest BCUT2D eigenvalue weighted by Crippen LogP contribution is -2.27. The highest BCUT2D eigenvalue weighted by Gasteiger charge is 2.19. The Balaban J connectivity index is -0.0000000822. The fourth-order valence-corrected chi connectivity index (χ4v) is 6.97. The highest BCUT2D eigenvalue weighted by atomic mass is 31.2. The van der Waals surface area contributed by atoms with Crippen LogP contribution in [0.25, 0.3) is 0 Å². The van der Waals surface area contributed by atoms with Crippen LogP contribution in [0.5, 0.6) is 0 Å². The van der Waals surface area contributed by atoms with Crippen LogP contribution in [0.15, 0.2) is 0 Å². The van der Waals surface area contributed by atoms with Gasteiger partial charge in [0.1, 0.15) is 98.8 Å². The normalized spacial score (nSPS) is 12.9. The fourth-order valence-electron chi connectivity index (χ4n) is 3.77. The Kier molecular flexibility index (Phi) is 129. The maximum absolute atomic E-state index is 12.2. The first kappa shape index (κ1) is 111. The summed E-state index contributed by atoms with van der Waals surface area (Å²) in [6, 6.07) is 0. The largest absolute Gasteiger partial charge is 0.756 e. The molecule has 0 rings (SSSR count). The van der Waals surface area contributed by atoms with E-state index < -0.39 is 104 Å². The van der Waals surface area contributed by atoms with Crippen LogP contribution in [0.3, 0.4) is 0 Å². The molecule has 0 bridgehead atoms. The Labute approximate surface area is 486 Å². The minimum Gasteiger partial charge on any atom is -0.756 e. The molecule has 0 aliphatic heterocycles. The van der Waals surface area contributed by atoms with Crippen molar-refractivity contribution in [2.24, 2.45) is 5.92 Å². The van der Waals surface area contributed by atoms with Crippen molar-refractivity contribution < 1.29 is 169 Å². The summed E-state index contributed by atoms with van der Waals surface area (Å²) >= 11 is 0. The van der Waals surface area contributed by atoms with Gasteiger partial charge in [0.25, 0.3) is 39.1 Å². The zero-order chi connectivity index (χ0) is 69.1. The molecule has 0 spiro atoms. The van der Waals surface area contributed by atoms with Gasteiger partial charge in [-0.1, -0.05) is 19.3 Å². The number of hydrogen-bond acceptors (Lipinski definition) is 35. The molecule has 0 aromatic heterocycles. The highest BCUT2D eigenvalue weighted by molar-refractivity contribution is 7.46. The van der Waals surface area contributed by atoms with Gasteiger partial charge in [0, 0.05) is 51.0 Å². The van der Waals surface area contributed by atoms with E-state index in [4.69, 9.17) is 48.0 Å². The van der Waals surface area contributed by atoms with E-state index in [0.717, 1.165) is 101 Å². The number of hydrogen-bond donors (Lipinski definition) is 2. The summed E-state index contributed by atoms with van der Waals surface area (Å²) in [5, 5.41) is 0. The molecule has 0 aliphatic carbocycles. The molecule has 0 amide bonds. The number of unbranched alkanes of at least 4 members (excludes halogenated alkanes) is 12. The lowest BCUT2D eigenvalue weighted by molar-refractivity contribution is -0.237. The molecule has 84 heavy (non-hydrogen) atoms. The van der Waals surface area contributed by atoms with Gasteiger partial charge in [-0.2, -0.15) is 5.54 Å². The van der Waals surface area contributed by atoms with Crippen LogP contribution in [0, 0.1) is 5.92 Å². The second-order valence-electron chi connectivity index (χ2n) is 12.4. The number of carbonyl (C=O) groups excluding carboxylic acids is 15. The van der Waals surface area contributed by atoms with E-state index in [2.05, 4.69) is 40.7 Å². The number of rotatable bonds is 43. The fraction of sp³-hybridized carbons (Fsp3) is 0.643. The van der Waals surface area contributed by atoms with E-state index in [1.807, 2.05) is 61.1 Å². The van der Waals surface area contributed by atoms with Gasteiger partial charge in [-0.15, -0.1) is 4.48 Å². The molecule has 6 unspecified atom stereocenters. The number of nitrogens with one attached hydrogen (secondary N) is 1. The maximum Gasteiger partial charge on any atom is 0.268 e. The van der Waals surface area contributed by atoms with Gasteiger partial charge in [0.2, 0.25) is 0 Å². The smallest absolute Gasteiger partial charge is 0.268 e. The Morgan fingerprint density at radius 1 is 0.369 bits per heavy atom. The number of halogens is 1. The first-order valence-electron chi connectivity index (χ1n) is 22.7. The molecule has 0 fully saturated rings. The molecule has 0 saturated carbocycles. The summed E-state index contributed by atoms with van der Waals surface area (Å²) in [6.07, 6.45) is 17.9. The predicted octanol–water partition coefficient (Wildman–Crippen LogP) is -0.0797. The van der Waals surface area contributed by atoms with Crippen LogP contribution in [-0.2, 0) is 135 Å². The number of phosphoric ester groups is 5. The lowest BCUT2D eigenvalue weighted by Gasteiger charge is -2.27. The summed E-state index contributed by atoms with van der Waals surface area (Å²) in [6.45, 7) is 11.7. The third-order valence-corrected chi connectivity index (χ3v) is 11.3. The van der Waals surface area contributed by atoms with Gasteiger partial charge in [-0.25, -0.2) is 0 Å². The van der Waals surface area contributed by atoms with Crippen molar-refractivity contribution in [3.8, 4) is 0 Å². The summed E-state index contributed by atoms with van der Waals surface area (Å²) < 4.78 is 107. The maximum atomic E-state index is 12.2. The first-order valence-corrected chi connectivity index (χ1v) is 30.0. The van der Waals surface area contributed by atoms with Crippen molar-refractivity contribution in [2.45, 2.75) is 103 Å². The number of aldehydes is 6. The van der Waals surface area contributed by atoms with Crippen LogP contribution >= 0.6 is 39.1 Å². The highest BCUT2D eigenvalue weighted by Crippen LogP contribution is 2.43. The molecule has 500 valence electrons. The van der Waals surface area contributed by atoms with Crippen molar-refractivity contribution in [2.75, 3.05) is 66.0 Å². The molecule has 6 atom stereocenters. The topological polar surface area (TPSA) is 572 Å². The van der Waals surface area contributed by atoms with Crippen LogP contribution in [0.2, 0.25) is 0 Å². The molecule has 0 aromatic carbocycles. The minimum absolute atomic E-state index is 0.208. The Morgan fingerprint density at radius 2 is 0.560 bits per heavy atom. The molecule has 36 nitrogen and oxygen atoms in total. The van der Waals surface area contributed by atoms with Gasteiger partial charge in [0.15, 0.2) is 0 Å². The Hall–Kier alpha value is -4.51. The molecule has 0 heterocycles. The number of carbonyl (C=O) groups is 15. The van der Waals surface area contributed by atoms with E-state index in [0.29, 0.717) is 38.5 Å². The lowest BCUT2D eigenvalue weighted by atomic mass is 10.2. The first-order chi connectivity index (χ1) is 40.1. The van der Waals surface area contributed by atoms with Gasteiger partial charge in [0.05, 0.1) is 59.5 Å². The molecular weight excluding hydrogens is 1250 g/mol. The van der Waals surface area contributed by atoms with E-state index in [1.165, 1.54) is 6.92 Å². The molecule has 42 heteroatoms. The van der Waals surface area contributed by atoms with E-state index in [9.17, 15) is 80.5 Å². The van der Waals surface area contributed by atoms with Crippen LogP contribution in [-0.4, -0.2) is 170 Å². The molecule has 0 saturated heterocycles. The predicted molar refractivity (Wildman–Crippen MR) is 282 cm³/mol. The van der Waals surface area contributed by atoms with E-state index >= 15 is 0 Å². The summed E-state index contributed by atoms with van der Waals surface area (Å²) in [4.78, 5) is 195. The van der Waals surface area contributed by atoms with E-state index in [1.54, 1.807) is 0 Å². The molecule has 0 aliphatic rings. The van der Waals surface area contributed by atoms with E-state index in [-0.39, 0.29) is 6.61 Å². The summed E-state index contributed by atoms with van der Waals surface area (Å²) in [5.41, 5.74) is 1.11. The van der Waals surface area contributed by atoms with Gasteiger partial charge in [-0.05, 0) is 45.4 Å². The summed E-state index contributed by atoms with van der Waals surface area (Å²) in [7, 11) is -25.0. The second kappa shape index (κ2) is 97.6.